The van der Waals surface area contributed by atoms with Crippen molar-refractivity contribution in [1.29, 1.82) is 0 Å². The molecule has 0 radical (unpaired) electrons. The van der Waals surface area contributed by atoms with Gasteiger partial charge in [-0.25, -0.2) is 9.78 Å². The smallest absolute Gasteiger partial charge is 0.336 e. The summed E-state index contributed by atoms with van der Waals surface area (Å²) in [5.74, 6) is -0.437. The van der Waals surface area contributed by atoms with Crippen LogP contribution in [0.5, 0.6) is 0 Å². The molecule has 1 saturated heterocycles. The maximum Gasteiger partial charge on any atom is 0.336 e. The lowest BCUT2D eigenvalue weighted by Gasteiger charge is -2.28. The molecule has 1 aliphatic rings. The van der Waals surface area contributed by atoms with Crippen molar-refractivity contribution in [2.75, 3.05) is 23.3 Å². The number of nitrogens with one attached hydrogen (secondary N) is 1. The number of rotatable bonds is 5. The number of hydrogen-bond acceptors (Lipinski definition) is 4. The van der Waals surface area contributed by atoms with E-state index in [1.54, 1.807) is 24.3 Å². The van der Waals surface area contributed by atoms with E-state index in [-0.39, 0.29) is 42.7 Å². The van der Waals surface area contributed by atoms with Gasteiger partial charge in [-0.2, -0.15) is 0 Å². The number of aromatic nitrogens is 1. The van der Waals surface area contributed by atoms with Gasteiger partial charge in [0.05, 0.1) is 17.5 Å². The predicted molar refractivity (Wildman–Crippen MR) is 133 cm³/mol. The van der Waals surface area contributed by atoms with Crippen LogP contribution in [-0.2, 0) is 11.2 Å². The fraction of sp³-hybridized carbons (Fsp3) is 0.292. The summed E-state index contributed by atoms with van der Waals surface area (Å²) in [5, 5.41) is 13.2. The number of halogens is 2. The third kappa shape index (κ3) is 5.90. The van der Waals surface area contributed by atoms with Gasteiger partial charge in [0.15, 0.2) is 0 Å². The molecule has 2 aromatic carbocycles. The van der Waals surface area contributed by atoms with Crippen molar-refractivity contribution in [2.45, 2.75) is 32.6 Å². The van der Waals surface area contributed by atoms with Gasteiger partial charge in [0.25, 0.3) is 0 Å². The molecular weight excluding hydrogens is 449 g/mol. The number of carbonyl (C=O) groups is 2. The zero-order valence-electron chi connectivity index (χ0n) is 17.8. The average molecular weight is 476 g/mol. The number of aryl methyl sites for hydroxylation is 1. The molecule has 0 saturated carbocycles. The molecule has 1 fully saturated rings. The highest BCUT2D eigenvalue weighted by Crippen LogP contribution is 2.27. The Balaban J connectivity index is 0.00000181. The van der Waals surface area contributed by atoms with E-state index in [0.29, 0.717) is 22.4 Å². The number of hydrogen-bond donors (Lipinski definition) is 2. The summed E-state index contributed by atoms with van der Waals surface area (Å²) in [6, 6.07) is 14.7. The second-order valence-electron chi connectivity index (χ2n) is 7.82. The van der Waals surface area contributed by atoms with Crippen molar-refractivity contribution >= 4 is 59.1 Å². The molecule has 0 atom stereocenters. The number of benzene rings is 2. The molecule has 8 heteroatoms. The molecule has 4 rings (SSSR count). The minimum absolute atomic E-state index is 0. The predicted octanol–water partition coefficient (Wildman–Crippen LogP) is 5.26. The van der Waals surface area contributed by atoms with E-state index in [0.717, 1.165) is 37.1 Å². The highest BCUT2D eigenvalue weighted by Gasteiger charge is 2.18. The van der Waals surface area contributed by atoms with Crippen LogP contribution in [0.3, 0.4) is 0 Å². The van der Waals surface area contributed by atoms with E-state index in [1.165, 1.54) is 6.42 Å². The molecule has 0 spiro atoms. The molecule has 0 unspecified atom stereocenters. The molecule has 2 heterocycles. The van der Waals surface area contributed by atoms with Gasteiger partial charge in [0.1, 0.15) is 5.82 Å². The molecule has 6 nitrogen and oxygen atoms in total. The molecule has 0 aliphatic carbocycles. The van der Waals surface area contributed by atoms with Crippen LogP contribution >= 0.6 is 24.8 Å². The van der Waals surface area contributed by atoms with E-state index in [2.05, 4.69) is 15.2 Å². The van der Waals surface area contributed by atoms with Gasteiger partial charge < -0.3 is 15.3 Å². The number of anilines is 2. The van der Waals surface area contributed by atoms with E-state index in [9.17, 15) is 14.7 Å². The minimum atomic E-state index is -0.996. The minimum Gasteiger partial charge on any atom is -0.478 e. The second kappa shape index (κ2) is 11.2. The van der Waals surface area contributed by atoms with Crippen molar-refractivity contribution in [2.24, 2.45) is 0 Å². The van der Waals surface area contributed by atoms with Crippen LogP contribution in [0.2, 0.25) is 0 Å². The monoisotopic (exact) mass is 475 g/mol. The SMILES string of the molecule is Cc1ccc(CC(=O)Nc2ccc3nc(N4CCCCC4)cc(C(=O)O)c3c2)cc1.Cl.Cl. The zero-order chi connectivity index (χ0) is 21.1. The topological polar surface area (TPSA) is 82.5 Å². The summed E-state index contributed by atoms with van der Waals surface area (Å²) in [6.45, 7) is 3.79. The number of pyridine rings is 1. The Morgan fingerprint density at radius 3 is 2.34 bits per heavy atom. The Kier molecular flexibility index (Phi) is 8.87. The first kappa shape index (κ1) is 25.4. The number of nitrogens with zero attached hydrogens (tertiary/aromatic N) is 2. The van der Waals surface area contributed by atoms with Gasteiger partial charge in [-0.05, 0) is 56.0 Å². The van der Waals surface area contributed by atoms with Gasteiger partial charge in [-0.1, -0.05) is 29.8 Å². The van der Waals surface area contributed by atoms with Crippen LogP contribution in [0.25, 0.3) is 10.9 Å². The van der Waals surface area contributed by atoms with E-state index < -0.39 is 5.97 Å². The highest BCUT2D eigenvalue weighted by molar-refractivity contribution is 6.05. The lowest BCUT2D eigenvalue weighted by atomic mass is 10.1. The third-order valence-corrected chi connectivity index (χ3v) is 5.47. The first-order chi connectivity index (χ1) is 14.5. The summed E-state index contributed by atoms with van der Waals surface area (Å²) in [4.78, 5) is 31.2. The number of amides is 1. The Hall–Kier alpha value is -2.83. The van der Waals surface area contributed by atoms with Crippen LogP contribution in [0, 0.1) is 6.92 Å². The molecule has 3 aromatic rings. The Bertz CT molecular complexity index is 1100. The van der Waals surface area contributed by atoms with Crippen molar-refractivity contribution < 1.29 is 14.7 Å². The van der Waals surface area contributed by atoms with Gasteiger partial charge in [-0.15, -0.1) is 24.8 Å². The fourth-order valence-electron chi connectivity index (χ4n) is 3.85. The van der Waals surface area contributed by atoms with E-state index in [1.807, 2.05) is 31.2 Å². The largest absolute Gasteiger partial charge is 0.478 e. The summed E-state index contributed by atoms with van der Waals surface area (Å²) >= 11 is 0. The number of fused-ring (bicyclic) bond motifs is 1. The van der Waals surface area contributed by atoms with Crippen molar-refractivity contribution in [3.05, 3.63) is 65.2 Å². The molecule has 1 amide bonds. The number of piperidine rings is 1. The third-order valence-electron chi connectivity index (χ3n) is 5.47. The Labute approximate surface area is 199 Å². The molecule has 0 bridgehead atoms. The maximum absolute atomic E-state index is 12.4. The number of aromatic carboxylic acids is 1. The standard InChI is InChI=1S/C24H25N3O3.2ClH/c1-16-5-7-17(8-6-16)13-23(28)25-18-9-10-21-19(14-18)20(24(29)30)15-22(26-21)27-11-3-2-4-12-27;;/h5-10,14-15H,2-4,11-13H2,1H3,(H,25,28)(H,29,30);2*1H. The summed E-state index contributed by atoms with van der Waals surface area (Å²) in [5.41, 5.74) is 3.46. The number of carbonyl (C=O) groups excluding carboxylic acids is 1. The summed E-state index contributed by atoms with van der Waals surface area (Å²) in [7, 11) is 0. The second-order valence-corrected chi connectivity index (χ2v) is 7.82. The first-order valence-electron chi connectivity index (χ1n) is 10.3. The first-order valence-corrected chi connectivity index (χ1v) is 10.3. The van der Waals surface area contributed by atoms with E-state index in [4.69, 9.17) is 0 Å². The molecule has 32 heavy (non-hydrogen) atoms. The Morgan fingerprint density at radius 2 is 1.69 bits per heavy atom. The number of carboxylic acid groups (broad SMARTS) is 1. The lowest BCUT2D eigenvalue weighted by molar-refractivity contribution is -0.115. The van der Waals surface area contributed by atoms with Crippen LogP contribution in [0.4, 0.5) is 11.5 Å². The van der Waals surface area contributed by atoms with Gasteiger partial charge >= 0.3 is 5.97 Å². The highest BCUT2D eigenvalue weighted by atomic mass is 35.5. The molecular formula is C24H27Cl2N3O3. The maximum atomic E-state index is 12.4. The molecule has 2 N–H and O–H groups in total. The molecule has 1 aromatic heterocycles. The molecule has 170 valence electrons. The van der Waals surface area contributed by atoms with Crippen molar-refractivity contribution in [3.8, 4) is 0 Å². The fourth-order valence-corrected chi connectivity index (χ4v) is 3.85. The normalized spacial score (nSPS) is 13.1. The van der Waals surface area contributed by atoms with Gasteiger partial charge in [-0.3, -0.25) is 4.79 Å². The van der Waals surface area contributed by atoms with Crippen LogP contribution < -0.4 is 10.2 Å². The zero-order valence-corrected chi connectivity index (χ0v) is 19.5. The van der Waals surface area contributed by atoms with Crippen LogP contribution in [-0.4, -0.2) is 35.1 Å². The van der Waals surface area contributed by atoms with Gasteiger partial charge in [0.2, 0.25) is 5.91 Å². The quantitative estimate of drug-likeness (QED) is 0.525. The van der Waals surface area contributed by atoms with Crippen molar-refractivity contribution in [3.63, 3.8) is 0 Å². The summed E-state index contributed by atoms with van der Waals surface area (Å²) < 4.78 is 0. The molecule has 1 aliphatic heterocycles. The van der Waals surface area contributed by atoms with E-state index >= 15 is 0 Å². The number of carboxylic acids is 1. The Morgan fingerprint density at radius 1 is 1.00 bits per heavy atom. The average Bonchev–Trinajstić information content (AvgIpc) is 2.75. The van der Waals surface area contributed by atoms with Gasteiger partial charge in [0, 0.05) is 24.2 Å². The lowest BCUT2D eigenvalue weighted by Crippen LogP contribution is -2.30. The summed E-state index contributed by atoms with van der Waals surface area (Å²) in [6.07, 6.45) is 3.64. The van der Waals surface area contributed by atoms with Crippen LogP contribution in [0.1, 0.15) is 40.7 Å². The van der Waals surface area contributed by atoms with Crippen LogP contribution in [0.15, 0.2) is 48.5 Å². The van der Waals surface area contributed by atoms with Crippen molar-refractivity contribution in [1.82, 2.24) is 4.98 Å².